The summed E-state index contributed by atoms with van der Waals surface area (Å²) in [6.07, 6.45) is 1.79. The molecule has 0 bridgehead atoms. The molecule has 2 N–H and O–H groups in total. The van der Waals surface area contributed by atoms with Gasteiger partial charge in [0.1, 0.15) is 6.04 Å². The molecule has 5 nitrogen and oxygen atoms in total. The molecule has 1 unspecified atom stereocenters. The zero-order valence-electron chi connectivity index (χ0n) is 8.68. The first-order valence-electron chi connectivity index (χ1n) is 3.85. The van der Waals surface area contributed by atoms with Crippen molar-refractivity contribution in [1.82, 2.24) is 4.90 Å². The standard InChI is InChI=1S/C7H12N2O3.Na.H/c10-4-1-6(7(11)12)9-3-2-8-5-9;;/h5-6,10H,1-4H2,(H,11,12);;/q;+1;-1. The quantitative estimate of drug-likeness (QED) is 0.454. The molecule has 0 aliphatic carbocycles. The first-order chi connectivity index (χ1) is 5.75. The maximum atomic E-state index is 10.7. The molecule has 0 aromatic heterocycles. The van der Waals surface area contributed by atoms with Gasteiger partial charge in [0.15, 0.2) is 0 Å². The summed E-state index contributed by atoms with van der Waals surface area (Å²) in [5.74, 6) is -0.905. The first-order valence-corrected chi connectivity index (χ1v) is 3.85. The molecule has 70 valence electrons. The summed E-state index contributed by atoms with van der Waals surface area (Å²) >= 11 is 0. The number of aliphatic imine (C=N–C) groups is 1. The number of hydrogen-bond donors (Lipinski definition) is 2. The number of rotatable bonds is 4. The van der Waals surface area contributed by atoms with E-state index in [1.165, 1.54) is 6.34 Å². The number of aliphatic hydroxyl groups is 1. The number of carboxylic acid groups (broad SMARTS) is 1. The van der Waals surface area contributed by atoms with E-state index < -0.39 is 12.0 Å². The van der Waals surface area contributed by atoms with Gasteiger partial charge >= 0.3 is 35.5 Å². The van der Waals surface area contributed by atoms with Gasteiger partial charge in [-0.3, -0.25) is 4.99 Å². The Morgan fingerprint density at radius 3 is 2.85 bits per heavy atom. The van der Waals surface area contributed by atoms with Gasteiger partial charge in [0.25, 0.3) is 0 Å². The van der Waals surface area contributed by atoms with Crippen LogP contribution in [0, 0.1) is 0 Å². The van der Waals surface area contributed by atoms with E-state index in [9.17, 15) is 4.79 Å². The van der Waals surface area contributed by atoms with E-state index in [4.69, 9.17) is 10.2 Å². The Kier molecular flexibility index (Phi) is 6.32. The molecular formula is C7H13N2NaO3. The van der Waals surface area contributed by atoms with Crippen LogP contribution in [0.15, 0.2) is 4.99 Å². The van der Waals surface area contributed by atoms with Gasteiger partial charge in [-0.05, 0) is 0 Å². The number of carboxylic acids is 1. The summed E-state index contributed by atoms with van der Waals surface area (Å²) < 4.78 is 0. The molecule has 1 atom stereocenters. The average molecular weight is 196 g/mol. The normalized spacial score (nSPS) is 16.8. The van der Waals surface area contributed by atoms with Gasteiger partial charge in [0.2, 0.25) is 0 Å². The van der Waals surface area contributed by atoms with Gasteiger partial charge in [-0.2, -0.15) is 0 Å². The fraction of sp³-hybridized carbons (Fsp3) is 0.714. The fourth-order valence-electron chi connectivity index (χ4n) is 1.18. The fourth-order valence-corrected chi connectivity index (χ4v) is 1.18. The molecule has 0 amide bonds. The topological polar surface area (TPSA) is 73.1 Å². The monoisotopic (exact) mass is 196 g/mol. The van der Waals surface area contributed by atoms with E-state index in [-0.39, 0.29) is 44.0 Å². The maximum absolute atomic E-state index is 10.7. The van der Waals surface area contributed by atoms with Crippen LogP contribution in [0.25, 0.3) is 0 Å². The molecule has 0 spiro atoms. The molecule has 1 aliphatic rings. The van der Waals surface area contributed by atoms with Crippen LogP contribution in [0.5, 0.6) is 0 Å². The van der Waals surface area contributed by atoms with Crippen LogP contribution in [0.3, 0.4) is 0 Å². The third-order valence-electron chi connectivity index (χ3n) is 1.81. The number of aliphatic hydroxyl groups excluding tert-OH is 1. The molecule has 0 aromatic rings. The zero-order chi connectivity index (χ0) is 8.97. The first kappa shape index (κ1) is 12.9. The summed E-state index contributed by atoms with van der Waals surface area (Å²) in [6, 6.07) is -0.624. The van der Waals surface area contributed by atoms with E-state index in [0.717, 1.165) is 0 Å². The van der Waals surface area contributed by atoms with E-state index in [0.29, 0.717) is 13.1 Å². The smallest absolute Gasteiger partial charge is 1.00 e. The molecule has 6 heteroatoms. The van der Waals surface area contributed by atoms with Crippen LogP contribution in [-0.2, 0) is 4.79 Å². The number of hydrogen-bond acceptors (Lipinski definition) is 4. The Morgan fingerprint density at radius 2 is 2.46 bits per heavy atom. The number of aliphatic carboxylic acids is 1. The molecule has 0 radical (unpaired) electrons. The zero-order valence-corrected chi connectivity index (χ0v) is 9.68. The molecule has 0 saturated heterocycles. The minimum atomic E-state index is -0.905. The van der Waals surface area contributed by atoms with Gasteiger partial charge in [-0.15, -0.1) is 0 Å². The Labute approximate surface area is 100 Å². The van der Waals surface area contributed by atoms with Crippen LogP contribution in [-0.4, -0.2) is 53.2 Å². The van der Waals surface area contributed by atoms with Crippen molar-refractivity contribution < 1.29 is 46.0 Å². The molecule has 1 rings (SSSR count). The molecule has 13 heavy (non-hydrogen) atoms. The van der Waals surface area contributed by atoms with Crippen molar-refractivity contribution in [2.45, 2.75) is 12.5 Å². The molecule has 1 aliphatic heterocycles. The van der Waals surface area contributed by atoms with Gasteiger partial charge in [-0.1, -0.05) is 0 Å². The number of nitrogens with zero attached hydrogens (tertiary/aromatic N) is 2. The third kappa shape index (κ3) is 3.64. The molecule has 0 saturated carbocycles. The van der Waals surface area contributed by atoms with Crippen molar-refractivity contribution in [3.8, 4) is 0 Å². The third-order valence-corrected chi connectivity index (χ3v) is 1.81. The predicted octanol–water partition coefficient (Wildman–Crippen LogP) is -3.72. The van der Waals surface area contributed by atoms with Crippen molar-refractivity contribution in [2.75, 3.05) is 19.7 Å². The molecule has 0 fully saturated rings. The molecule has 0 aromatic carbocycles. The maximum Gasteiger partial charge on any atom is 1.00 e. The van der Waals surface area contributed by atoms with Crippen molar-refractivity contribution >= 4 is 12.3 Å². The van der Waals surface area contributed by atoms with Crippen LogP contribution >= 0.6 is 0 Å². The Balaban J connectivity index is 0. The van der Waals surface area contributed by atoms with Crippen LogP contribution < -0.4 is 29.6 Å². The van der Waals surface area contributed by atoms with E-state index in [2.05, 4.69) is 4.99 Å². The second kappa shape index (κ2) is 6.37. The summed E-state index contributed by atoms with van der Waals surface area (Å²) in [5.41, 5.74) is 0. The van der Waals surface area contributed by atoms with Crippen LogP contribution in [0.4, 0.5) is 0 Å². The van der Waals surface area contributed by atoms with Crippen molar-refractivity contribution in [3.63, 3.8) is 0 Å². The van der Waals surface area contributed by atoms with Crippen molar-refractivity contribution in [1.29, 1.82) is 0 Å². The summed E-state index contributed by atoms with van der Waals surface area (Å²) in [6.45, 7) is 1.17. The van der Waals surface area contributed by atoms with E-state index >= 15 is 0 Å². The van der Waals surface area contributed by atoms with E-state index in [1.807, 2.05) is 0 Å². The van der Waals surface area contributed by atoms with Gasteiger partial charge in [-0.25, -0.2) is 4.79 Å². The Hall–Kier alpha value is -0.100. The Bertz CT molecular complexity index is 203. The van der Waals surface area contributed by atoms with Crippen LogP contribution in [0.2, 0.25) is 0 Å². The largest absolute Gasteiger partial charge is 1.00 e. The molecule has 1 heterocycles. The van der Waals surface area contributed by atoms with Crippen molar-refractivity contribution in [3.05, 3.63) is 0 Å². The number of carbonyl (C=O) groups is 1. The van der Waals surface area contributed by atoms with Gasteiger partial charge in [0, 0.05) is 19.6 Å². The minimum absolute atomic E-state index is 0. The van der Waals surface area contributed by atoms with Crippen LogP contribution in [0.1, 0.15) is 7.85 Å². The summed E-state index contributed by atoms with van der Waals surface area (Å²) in [7, 11) is 0. The van der Waals surface area contributed by atoms with E-state index in [1.54, 1.807) is 4.90 Å². The predicted molar refractivity (Wildman–Crippen MR) is 44.3 cm³/mol. The second-order valence-electron chi connectivity index (χ2n) is 2.63. The Morgan fingerprint density at radius 1 is 1.77 bits per heavy atom. The molecular weight excluding hydrogens is 183 g/mol. The van der Waals surface area contributed by atoms with Gasteiger partial charge in [0.05, 0.1) is 12.9 Å². The van der Waals surface area contributed by atoms with Gasteiger partial charge < -0.3 is 16.5 Å². The summed E-state index contributed by atoms with van der Waals surface area (Å²) in [4.78, 5) is 16.2. The SMILES string of the molecule is O=C(O)C(CCO)N1C=NCC1.[H-].[Na+]. The minimum Gasteiger partial charge on any atom is -1.00 e. The average Bonchev–Trinajstić information content (AvgIpc) is 2.51. The summed E-state index contributed by atoms with van der Waals surface area (Å²) in [5, 5.41) is 17.4. The second-order valence-corrected chi connectivity index (χ2v) is 2.63. The van der Waals surface area contributed by atoms with Crippen molar-refractivity contribution in [2.24, 2.45) is 4.99 Å².